The molecule has 3 heteroatoms. The number of fused-ring (bicyclic) bond motifs is 1. The Bertz CT molecular complexity index is 935. The third-order valence-electron chi connectivity index (χ3n) is 4.64. The molecule has 2 aromatic carbocycles. The van der Waals surface area contributed by atoms with E-state index in [-0.39, 0.29) is 0 Å². The number of nitrogen functional groups attached to an aromatic ring is 1. The summed E-state index contributed by atoms with van der Waals surface area (Å²) in [6.45, 7) is 0. The largest absolute Gasteiger partial charge is 0.383 e. The number of benzene rings is 2. The molecular formula is C21H17N3. The molecule has 3 aromatic rings. The molecule has 116 valence electrons. The second kappa shape index (κ2) is 5.82. The Labute approximate surface area is 141 Å². The van der Waals surface area contributed by atoms with Gasteiger partial charge >= 0.3 is 0 Å². The minimum Gasteiger partial charge on any atom is -0.383 e. The third-order valence-corrected chi connectivity index (χ3v) is 4.64. The number of anilines is 1. The van der Waals surface area contributed by atoms with Gasteiger partial charge in [0.2, 0.25) is 0 Å². The minimum absolute atomic E-state index is 0.347. The van der Waals surface area contributed by atoms with Crippen LogP contribution in [-0.2, 0) is 12.8 Å². The first-order valence-electron chi connectivity index (χ1n) is 8.15. The van der Waals surface area contributed by atoms with Gasteiger partial charge in [0.25, 0.3) is 0 Å². The zero-order valence-corrected chi connectivity index (χ0v) is 13.3. The average molecular weight is 311 g/mol. The molecule has 0 spiro atoms. The summed E-state index contributed by atoms with van der Waals surface area (Å²) in [7, 11) is 0. The van der Waals surface area contributed by atoms with E-state index < -0.39 is 0 Å². The van der Waals surface area contributed by atoms with Gasteiger partial charge in [0.1, 0.15) is 17.5 Å². The van der Waals surface area contributed by atoms with Gasteiger partial charge in [-0.3, -0.25) is 0 Å². The fourth-order valence-corrected chi connectivity index (χ4v) is 3.49. The van der Waals surface area contributed by atoms with Crippen molar-refractivity contribution in [3.8, 4) is 28.3 Å². The van der Waals surface area contributed by atoms with Crippen LogP contribution >= 0.6 is 0 Å². The first-order chi connectivity index (χ1) is 11.8. The highest BCUT2D eigenvalue weighted by atomic mass is 14.9. The Morgan fingerprint density at radius 1 is 0.875 bits per heavy atom. The molecule has 0 saturated heterocycles. The normalized spacial score (nSPS) is 12.6. The number of rotatable bonds is 2. The lowest BCUT2D eigenvalue weighted by atomic mass is 9.93. The van der Waals surface area contributed by atoms with E-state index in [0.29, 0.717) is 11.4 Å². The minimum atomic E-state index is 0.347. The highest BCUT2D eigenvalue weighted by Crippen LogP contribution is 2.37. The third kappa shape index (κ3) is 2.33. The molecule has 0 amide bonds. The van der Waals surface area contributed by atoms with Gasteiger partial charge in [-0.15, -0.1) is 0 Å². The van der Waals surface area contributed by atoms with Crippen molar-refractivity contribution < 1.29 is 0 Å². The number of nitrogens with two attached hydrogens (primary N) is 1. The number of nitrogens with zero attached hydrogens (tertiary/aromatic N) is 2. The molecule has 24 heavy (non-hydrogen) atoms. The summed E-state index contributed by atoms with van der Waals surface area (Å²) in [5.74, 6) is 0.347. The van der Waals surface area contributed by atoms with Crippen molar-refractivity contribution in [2.45, 2.75) is 19.3 Å². The van der Waals surface area contributed by atoms with Gasteiger partial charge in [-0.05, 0) is 41.5 Å². The van der Waals surface area contributed by atoms with Crippen LogP contribution in [0.15, 0.2) is 54.6 Å². The molecule has 4 rings (SSSR count). The molecule has 1 heterocycles. The molecule has 1 aliphatic rings. The van der Waals surface area contributed by atoms with Gasteiger partial charge < -0.3 is 5.73 Å². The Balaban J connectivity index is 1.84. The maximum absolute atomic E-state index is 9.55. The Morgan fingerprint density at radius 3 is 2.25 bits per heavy atom. The number of hydrogen-bond acceptors (Lipinski definition) is 3. The van der Waals surface area contributed by atoms with Crippen molar-refractivity contribution in [2.75, 3.05) is 5.73 Å². The number of aryl methyl sites for hydroxylation is 1. The van der Waals surface area contributed by atoms with Crippen molar-refractivity contribution in [1.29, 1.82) is 5.26 Å². The van der Waals surface area contributed by atoms with E-state index >= 15 is 0 Å². The maximum Gasteiger partial charge on any atom is 0.142 e. The van der Waals surface area contributed by atoms with Crippen LogP contribution in [0.5, 0.6) is 0 Å². The van der Waals surface area contributed by atoms with Crippen molar-refractivity contribution in [3.05, 3.63) is 71.4 Å². The molecule has 3 nitrogen and oxygen atoms in total. The highest BCUT2D eigenvalue weighted by molar-refractivity contribution is 5.81. The Kier molecular flexibility index (Phi) is 3.51. The molecule has 0 radical (unpaired) electrons. The van der Waals surface area contributed by atoms with Gasteiger partial charge in [0, 0.05) is 11.3 Å². The van der Waals surface area contributed by atoms with E-state index in [2.05, 4.69) is 47.5 Å². The predicted octanol–water partition coefficient (Wildman–Crippen LogP) is 4.36. The molecule has 0 saturated carbocycles. The topological polar surface area (TPSA) is 62.7 Å². The van der Waals surface area contributed by atoms with E-state index in [1.165, 1.54) is 11.1 Å². The summed E-state index contributed by atoms with van der Waals surface area (Å²) >= 11 is 0. The summed E-state index contributed by atoms with van der Waals surface area (Å²) in [6, 6.07) is 20.9. The van der Waals surface area contributed by atoms with Crippen LogP contribution in [0.2, 0.25) is 0 Å². The van der Waals surface area contributed by atoms with Gasteiger partial charge in [0.15, 0.2) is 0 Å². The first-order valence-corrected chi connectivity index (χ1v) is 8.15. The van der Waals surface area contributed by atoms with Crippen LogP contribution < -0.4 is 5.73 Å². The number of hydrogen-bond donors (Lipinski definition) is 1. The molecule has 0 unspecified atom stereocenters. The van der Waals surface area contributed by atoms with Crippen molar-refractivity contribution >= 4 is 5.82 Å². The van der Waals surface area contributed by atoms with Gasteiger partial charge in [-0.2, -0.15) is 5.26 Å². The zero-order valence-electron chi connectivity index (χ0n) is 13.3. The smallest absolute Gasteiger partial charge is 0.142 e. The molecule has 0 atom stereocenters. The van der Waals surface area contributed by atoms with E-state index in [4.69, 9.17) is 5.73 Å². The maximum atomic E-state index is 9.55. The fourth-order valence-electron chi connectivity index (χ4n) is 3.49. The number of aromatic nitrogens is 1. The van der Waals surface area contributed by atoms with Gasteiger partial charge in [-0.1, -0.05) is 54.6 Å². The predicted molar refractivity (Wildman–Crippen MR) is 96.3 cm³/mol. The van der Waals surface area contributed by atoms with Crippen LogP contribution in [0.4, 0.5) is 5.82 Å². The molecule has 0 fully saturated rings. The Hall–Kier alpha value is -3.12. The fraction of sp³-hybridized carbons (Fsp3) is 0.143. The van der Waals surface area contributed by atoms with Crippen LogP contribution in [-0.4, -0.2) is 4.98 Å². The molecular weight excluding hydrogens is 294 g/mol. The average Bonchev–Trinajstić information content (AvgIpc) is 3.09. The van der Waals surface area contributed by atoms with E-state index in [0.717, 1.165) is 41.6 Å². The van der Waals surface area contributed by atoms with Gasteiger partial charge in [0.05, 0.1) is 0 Å². The molecule has 1 aliphatic carbocycles. The summed E-state index contributed by atoms with van der Waals surface area (Å²) in [5, 5.41) is 9.55. The SMILES string of the molecule is N#Cc1c(N)nc2c(c1-c1ccc(-c3ccccc3)cc1)CCC2. The highest BCUT2D eigenvalue weighted by Gasteiger charge is 2.23. The van der Waals surface area contributed by atoms with Gasteiger partial charge in [-0.25, -0.2) is 4.98 Å². The standard InChI is InChI=1S/C21H17N3/c22-13-18-20(17-7-4-8-19(17)24-21(18)23)16-11-9-15(10-12-16)14-5-2-1-3-6-14/h1-3,5-6,9-12H,4,7-8H2,(H2,23,24). The van der Waals surface area contributed by atoms with Crippen LogP contribution in [0.25, 0.3) is 22.3 Å². The van der Waals surface area contributed by atoms with E-state index in [1.807, 2.05) is 18.2 Å². The molecule has 0 aliphatic heterocycles. The summed E-state index contributed by atoms with van der Waals surface area (Å²) in [4.78, 5) is 4.43. The molecule has 0 bridgehead atoms. The second-order valence-electron chi connectivity index (χ2n) is 6.08. The monoisotopic (exact) mass is 311 g/mol. The second-order valence-corrected chi connectivity index (χ2v) is 6.08. The first kappa shape index (κ1) is 14.5. The van der Waals surface area contributed by atoms with E-state index in [9.17, 15) is 5.26 Å². The van der Waals surface area contributed by atoms with Crippen molar-refractivity contribution in [1.82, 2.24) is 4.98 Å². The lowest BCUT2D eigenvalue weighted by Gasteiger charge is -2.13. The lowest BCUT2D eigenvalue weighted by Crippen LogP contribution is -2.03. The lowest BCUT2D eigenvalue weighted by molar-refractivity contribution is 0.900. The quantitative estimate of drug-likeness (QED) is 0.765. The molecule has 2 N–H and O–H groups in total. The summed E-state index contributed by atoms with van der Waals surface area (Å²) in [5.41, 5.74) is 13.1. The van der Waals surface area contributed by atoms with E-state index in [1.54, 1.807) is 0 Å². The Morgan fingerprint density at radius 2 is 1.54 bits per heavy atom. The number of pyridine rings is 1. The van der Waals surface area contributed by atoms with Crippen LogP contribution in [0, 0.1) is 11.3 Å². The van der Waals surface area contributed by atoms with Crippen molar-refractivity contribution in [2.24, 2.45) is 0 Å². The molecule has 1 aromatic heterocycles. The summed E-state index contributed by atoms with van der Waals surface area (Å²) < 4.78 is 0. The van der Waals surface area contributed by atoms with Crippen molar-refractivity contribution in [3.63, 3.8) is 0 Å². The summed E-state index contributed by atoms with van der Waals surface area (Å²) in [6.07, 6.45) is 2.99. The van der Waals surface area contributed by atoms with Crippen LogP contribution in [0.3, 0.4) is 0 Å². The zero-order chi connectivity index (χ0) is 16.5. The number of nitriles is 1. The van der Waals surface area contributed by atoms with Crippen LogP contribution in [0.1, 0.15) is 23.2 Å².